The number of carboxylic acid groups (broad SMARTS) is 1. The lowest BCUT2D eigenvalue weighted by Gasteiger charge is -2.13. The monoisotopic (exact) mass is 226 g/mol. The molecular weight excluding hydrogens is 208 g/mol. The molecule has 0 heterocycles. The van der Waals surface area contributed by atoms with Gasteiger partial charge in [0.15, 0.2) is 0 Å². The lowest BCUT2D eigenvalue weighted by molar-refractivity contribution is -0.139. The maximum Gasteiger partial charge on any atom is 0.326 e. The van der Waals surface area contributed by atoms with Crippen LogP contribution >= 0.6 is 0 Å². The van der Waals surface area contributed by atoms with E-state index in [-0.39, 0.29) is 6.54 Å². The second-order valence-electron chi connectivity index (χ2n) is 3.29. The van der Waals surface area contributed by atoms with Gasteiger partial charge in [0.1, 0.15) is 6.04 Å². The van der Waals surface area contributed by atoms with Crippen LogP contribution in [0, 0.1) is 11.8 Å². The normalized spacial score (nSPS) is 10.9. The van der Waals surface area contributed by atoms with E-state index in [4.69, 9.17) is 5.11 Å². The molecule has 3 N–H and O–H groups in total. The van der Waals surface area contributed by atoms with Crippen LogP contribution in [0.25, 0.3) is 0 Å². The van der Waals surface area contributed by atoms with Gasteiger partial charge in [-0.15, -0.1) is 5.92 Å². The molecule has 0 aliphatic heterocycles. The van der Waals surface area contributed by atoms with E-state index >= 15 is 0 Å². The van der Waals surface area contributed by atoms with E-state index in [0.29, 0.717) is 6.42 Å². The minimum absolute atomic E-state index is 0.225. The van der Waals surface area contributed by atoms with E-state index in [0.717, 1.165) is 12.8 Å². The Balaban J connectivity index is 4.01. The molecule has 2 amide bonds. The third kappa shape index (κ3) is 6.71. The summed E-state index contributed by atoms with van der Waals surface area (Å²) in [6.45, 7) is 3.86. The van der Waals surface area contributed by atoms with Crippen LogP contribution in [0.4, 0.5) is 4.79 Å². The summed E-state index contributed by atoms with van der Waals surface area (Å²) in [5.41, 5.74) is 0. The van der Waals surface area contributed by atoms with Crippen LogP contribution in [0.5, 0.6) is 0 Å². The zero-order chi connectivity index (χ0) is 12.4. The third-order valence-corrected chi connectivity index (χ3v) is 1.96. The van der Waals surface area contributed by atoms with Crippen molar-refractivity contribution in [1.29, 1.82) is 0 Å². The number of nitrogens with one attached hydrogen (secondary N) is 2. The first-order chi connectivity index (χ1) is 7.61. The first kappa shape index (κ1) is 14.3. The Labute approximate surface area is 95.6 Å². The van der Waals surface area contributed by atoms with Crippen molar-refractivity contribution < 1.29 is 14.7 Å². The average Bonchev–Trinajstić information content (AvgIpc) is 2.24. The Morgan fingerprint density at radius 3 is 2.62 bits per heavy atom. The van der Waals surface area contributed by atoms with Crippen LogP contribution in [-0.2, 0) is 4.79 Å². The Morgan fingerprint density at radius 1 is 1.44 bits per heavy atom. The summed E-state index contributed by atoms with van der Waals surface area (Å²) >= 11 is 0. The van der Waals surface area contributed by atoms with Crippen molar-refractivity contribution in [3.8, 4) is 11.8 Å². The summed E-state index contributed by atoms with van der Waals surface area (Å²) in [7, 11) is 0. The smallest absolute Gasteiger partial charge is 0.326 e. The molecule has 0 bridgehead atoms. The van der Waals surface area contributed by atoms with Crippen LogP contribution in [0.3, 0.4) is 0 Å². The molecule has 90 valence electrons. The predicted octanol–water partition coefficient (Wildman–Crippen LogP) is 0.952. The fourth-order valence-corrected chi connectivity index (χ4v) is 1.09. The maximum absolute atomic E-state index is 11.2. The fraction of sp³-hybridized carbons (Fsp3) is 0.636. The lowest BCUT2D eigenvalue weighted by atomic mass is 10.1. The predicted molar refractivity (Wildman–Crippen MR) is 60.9 cm³/mol. The zero-order valence-corrected chi connectivity index (χ0v) is 9.67. The lowest BCUT2D eigenvalue weighted by Crippen LogP contribution is -2.46. The number of carbonyl (C=O) groups is 2. The fourth-order valence-electron chi connectivity index (χ4n) is 1.09. The number of carboxylic acids is 1. The van der Waals surface area contributed by atoms with Crippen LogP contribution < -0.4 is 10.6 Å². The van der Waals surface area contributed by atoms with E-state index in [2.05, 4.69) is 22.5 Å². The first-order valence-corrected chi connectivity index (χ1v) is 5.28. The Bertz CT molecular complexity index is 291. The number of unbranched alkanes of at least 4 members (excludes halogenated alkanes) is 1. The first-order valence-electron chi connectivity index (χ1n) is 5.28. The number of hydrogen-bond donors (Lipinski definition) is 3. The van der Waals surface area contributed by atoms with Crippen LogP contribution in [0.2, 0.25) is 0 Å². The van der Waals surface area contributed by atoms with Gasteiger partial charge < -0.3 is 15.7 Å². The molecule has 5 heteroatoms. The molecule has 0 aliphatic carbocycles. The van der Waals surface area contributed by atoms with Gasteiger partial charge in [-0.3, -0.25) is 0 Å². The van der Waals surface area contributed by atoms with Crippen molar-refractivity contribution in [2.45, 2.75) is 39.2 Å². The minimum Gasteiger partial charge on any atom is -0.480 e. The van der Waals surface area contributed by atoms with Gasteiger partial charge in [-0.2, -0.15) is 0 Å². The summed E-state index contributed by atoms with van der Waals surface area (Å²) in [6.07, 6.45) is 2.11. The summed E-state index contributed by atoms with van der Waals surface area (Å²) in [4.78, 5) is 22.0. The molecule has 0 aromatic rings. The number of aliphatic carboxylic acids is 1. The van der Waals surface area contributed by atoms with Crippen molar-refractivity contribution in [3.63, 3.8) is 0 Å². The molecule has 0 aliphatic rings. The van der Waals surface area contributed by atoms with E-state index < -0.39 is 18.0 Å². The van der Waals surface area contributed by atoms with E-state index in [1.807, 2.05) is 6.92 Å². The molecule has 16 heavy (non-hydrogen) atoms. The van der Waals surface area contributed by atoms with Gasteiger partial charge in [-0.25, -0.2) is 9.59 Å². The molecule has 1 atom stereocenters. The highest BCUT2D eigenvalue weighted by molar-refractivity contribution is 5.82. The second-order valence-corrected chi connectivity index (χ2v) is 3.29. The number of rotatable bonds is 6. The van der Waals surface area contributed by atoms with E-state index in [9.17, 15) is 9.59 Å². The van der Waals surface area contributed by atoms with Gasteiger partial charge >= 0.3 is 12.0 Å². The van der Waals surface area contributed by atoms with Crippen molar-refractivity contribution in [2.75, 3.05) is 6.54 Å². The van der Waals surface area contributed by atoms with Crippen LogP contribution in [-0.4, -0.2) is 29.7 Å². The molecule has 0 radical (unpaired) electrons. The quantitative estimate of drug-likeness (QED) is 0.590. The molecule has 0 rings (SSSR count). The van der Waals surface area contributed by atoms with Crippen molar-refractivity contribution >= 4 is 12.0 Å². The van der Waals surface area contributed by atoms with Crippen molar-refractivity contribution in [2.24, 2.45) is 0 Å². The van der Waals surface area contributed by atoms with Gasteiger partial charge in [0.25, 0.3) is 0 Å². The minimum atomic E-state index is -1.01. The molecule has 5 nitrogen and oxygen atoms in total. The van der Waals surface area contributed by atoms with Crippen LogP contribution in [0.15, 0.2) is 0 Å². The molecule has 0 unspecified atom stereocenters. The number of carbonyl (C=O) groups excluding carboxylic acids is 1. The highest BCUT2D eigenvalue weighted by Crippen LogP contribution is 2.00. The van der Waals surface area contributed by atoms with Crippen molar-refractivity contribution in [1.82, 2.24) is 10.6 Å². The number of urea groups is 1. The molecule has 0 saturated carbocycles. The topological polar surface area (TPSA) is 78.4 Å². The molecular formula is C11H18N2O3. The summed E-state index contributed by atoms with van der Waals surface area (Å²) < 4.78 is 0. The molecule has 0 spiro atoms. The summed E-state index contributed by atoms with van der Waals surface area (Å²) in [5, 5.41) is 13.7. The standard InChI is InChI=1S/C11H18N2O3/c1-3-5-7-9(10(14)15)13-11(16)12-8-6-4-2/h9H,3,5,7-8H2,1-2H3,(H,14,15)(H2,12,13,16)/t9-/m0/s1. The van der Waals surface area contributed by atoms with Gasteiger partial charge in [0.2, 0.25) is 0 Å². The molecule has 0 aromatic carbocycles. The Morgan fingerprint density at radius 2 is 2.12 bits per heavy atom. The molecule has 0 fully saturated rings. The van der Waals surface area contributed by atoms with E-state index in [1.165, 1.54) is 0 Å². The largest absolute Gasteiger partial charge is 0.480 e. The number of amides is 2. The Hall–Kier alpha value is -1.70. The van der Waals surface area contributed by atoms with Gasteiger partial charge in [0, 0.05) is 0 Å². The SMILES string of the molecule is CC#CCNC(=O)N[C@@H](CCCC)C(=O)O. The summed E-state index contributed by atoms with van der Waals surface area (Å²) in [6, 6.07) is -1.32. The average molecular weight is 226 g/mol. The highest BCUT2D eigenvalue weighted by Gasteiger charge is 2.18. The third-order valence-electron chi connectivity index (χ3n) is 1.96. The second kappa shape index (κ2) is 8.60. The Kier molecular flexibility index (Phi) is 7.68. The van der Waals surface area contributed by atoms with Gasteiger partial charge in [-0.1, -0.05) is 25.7 Å². The molecule has 0 aromatic heterocycles. The maximum atomic E-state index is 11.2. The zero-order valence-electron chi connectivity index (χ0n) is 9.67. The van der Waals surface area contributed by atoms with E-state index in [1.54, 1.807) is 6.92 Å². The highest BCUT2D eigenvalue weighted by atomic mass is 16.4. The van der Waals surface area contributed by atoms with Gasteiger partial charge in [0.05, 0.1) is 6.54 Å². The van der Waals surface area contributed by atoms with Gasteiger partial charge in [-0.05, 0) is 13.3 Å². The van der Waals surface area contributed by atoms with Crippen molar-refractivity contribution in [3.05, 3.63) is 0 Å². The molecule has 0 saturated heterocycles. The number of hydrogen-bond acceptors (Lipinski definition) is 2. The summed E-state index contributed by atoms with van der Waals surface area (Å²) in [5.74, 6) is 4.27. The van der Waals surface area contributed by atoms with Crippen LogP contribution in [0.1, 0.15) is 33.1 Å².